The van der Waals surface area contributed by atoms with E-state index in [0.29, 0.717) is 18.0 Å². The molecule has 20 heavy (non-hydrogen) atoms. The van der Waals surface area contributed by atoms with E-state index in [0.717, 1.165) is 12.8 Å². The van der Waals surface area contributed by atoms with Gasteiger partial charge < -0.3 is 15.2 Å². The van der Waals surface area contributed by atoms with E-state index in [4.69, 9.17) is 15.2 Å². The van der Waals surface area contributed by atoms with E-state index in [9.17, 15) is 8.42 Å². The summed E-state index contributed by atoms with van der Waals surface area (Å²) in [7, 11) is -2.15. The highest BCUT2D eigenvalue weighted by atomic mass is 32.2. The van der Waals surface area contributed by atoms with Crippen LogP contribution in [0.25, 0.3) is 0 Å². The Labute approximate surface area is 119 Å². The predicted molar refractivity (Wildman–Crippen MR) is 76.2 cm³/mol. The van der Waals surface area contributed by atoms with Crippen molar-refractivity contribution >= 4 is 15.7 Å². The number of anilines is 1. The molecule has 1 saturated heterocycles. The van der Waals surface area contributed by atoms with Crippen molar-refractivity contribution in [3.8, 4) is 5.75 Å². The van der Waals surface area contributed by atoms with Gasteiger partial charge in [-0.1, -0.05) is 0 Å². The molecule has 1 aromatic rings. The smallest absolute Gasteiger partial charge is 0.240 e. The Morgan fingerprint density at radius 1 is 1.50 bits per heavy atom. The summed E-state index contributed by atoms with van der Waals surface area (Å²) in [6, 6.07) is 4.38. The molecule has 7 heteroatoms. The Hall–Kier alpha value is -1.31. The number of benzene rings is 1. The molecular weight excluding hydrogens is 280 g/mol. The highest BCUT2D eigenvalue weighted by molar-refractivity contribution is 7.89. The molecule has 1 aliphatic rings. The summed E-state index contributed by atoms with van der Waals surface area (Å²) in [5.41, 5.74) is 5.65. The maximum atomic E-state index is 12.2. The minimum atomic E-state index is -3.60. The molecule has 112 valence electrons. The zero-order valence-corrected chi connectivity index (χ0v) is 12.5. The fourth-order valence-corrected chi connectivity index (χ4v) is 3.34. The molecule has 3 N–H and O–H groups in total. The summed E-state index contributed by atoms with van der Waals surface area (Å²) in [5.74, 6) is 0.344. The lowest BCUT2D eigenvalue weighted by Gasteiger charge is -2.23. The Bertz CT molecular complexity index is 580. The van der Waals surface area contributed by atoms with Crippen LogP contribution in [0.4, 0.5) is 5.69 Å². The van der Waals surface area contributed by atoms with Crippen LogP contribution in [0, 0.1) is 0 Å². The number of sulfonamides is 1. The van der Waals surface area contributed by atoms with Gasteiger partial charge in [0.05, 0.1) is 23.3 Å². The van der Waals surface area contributed by atoms with Crippen LogP contribution in [0.1, 0.15) is 19.8 Å². The minimum Gasteiger partial charge on any atom is -0.495 e. The normalized spacial score (nSPS) is 22.9. The van der Waals surface area contributed by atoms with Crippen molar-refractivity contribution in [1.82, 2.24) is 4.72 Å². The SMILES string of the molecule is COc1cc(S(=O)(=O)NCC2(C)CCCO2)ccc1N. The Morgan fingerprint density at radius 3 is 2.85 bits per heavy atom. The number of hydrogen-bond donors (Lipinski definition) is 2. The molecule has 0 radical (unpaired) electrons. The molecule has 0 spiro atoms. The van der Waals surface area contributed by atoms with Crippen molar-refractivity contribution < 1.29 is 17.9 Å². The fourth-order valence-electron chi connectivity index (χ4n) is 2.17. The van der Waals surface area contributed by atoms with Gasteiger partial charge in [0.15, 0.2) is 0 Å². The molecule has 2 rings (SSSR count). The first-order valence-corrected chi connectivity index (χ1v) is 7.92. The lowest BCUT2D eigenvalue weighted by molar-refractivity contribution is 0.0250. The largest absolute Gasteiger partial charge is 0.495 e. The number of hydrogen-bond acceptors (Lipinski definition) is 5. The second-order valence-corrected chi connectivity index (χ2v) is 6.90. The van der Waals surface area contributed by atoms with Crippen LogP contribution < -0.4 is 15.2 Å². The third kappa shape index (κ3) is 3.23. The van der Waals surface area contributed by atoms with Gasteiger partial charge in [0.2, 0.25) is 10.0 Å². The van der Waals surface area contributed by atoms with Gasteiger partial charge in [-0.05, 0) is 31.9 Å². The minimum absolute atomic E-state index is 0.130. The molecule has 0 aliphatic carbocycles. The molecule has 1 unspecified atom stereocenters. The molecule has 0 amide bonds. The lowest BCUT2D eigenvalue weighted by Crippen LogP contribution is -2.40. The number of methoxy groups -OCH3 is 1. The van der Waals surface area contributed by atoms with E-state index in [1.165, 1.54) is 25.3 Å². The van der Waals surface area contributed by atoms with E-state index in [1.54, 1.807) is 0 Å². The topological polar surface area (TPSA) is 90.7 Å². The molecule has 6 nitrogen and oxygen atoms in total. The Morgan fingerprint density at radius 2 is 2.25 bits per heavy atom. The second-order valence-electron chi connectivity index (χ2n) is 5.13. The van der Waals surface area contributed by atoms with E-state index >= 15 is 0 Å². The number of rotatable bonds is 5. The average Bonchev–Trinajstić information content (AvgIpc) is 2.85. The van der Waals surface area contributed by atoms with Gasteiger partial charge in [-0.15, -0.1) is 0 Å². The standard InChI is InChI=1S/C13H20N2O4S/c1-13(6-3-7-19-13)9-15-20(16,17)10-4-5-11(14)12(8-10)18-2/h4-5,8,15H,3,6-7,9,14H2,1-2H3. The maximum Gasteiger partial charge on any atom is 0.240 e. The fraction of sp³-hybridized carbons (Fsp3) is 0.538. The maximum absolute atomic E-state index is 12.2. The summed E-state index contributed by atoms with van der Waals surface area (Å²) in [4.78, 5) is 0.130. The summed E-state index contributed by atoms with van der Waals surface area (Å²) in [6.45, 7) is 2.84. The average molecular weight is 300 g/mol. The predicted octanol–water partition coefficient (Wildman–Crippen LogP) is 1.12. The highest BCUT2D eigenvalue weighted by Crippen LogP contribution is 2.26. The molecule has 0 bridgehead atoms. The number of ether oxygens (including phenoxy) is 2. The van der Waals surface area contributed by atoms with Crippen molar-refractivity contribution in [2.75, 3.05) is 26.0 Å². The Balaban J connectivity index is 2.14. The van der Waals surface area contributed by atoms with Gasteiger partial charge in [-0.2, -0.15) is 0 Å². The summed E-state index contributed by atoms with van der Waals surface area (Å²) < 4.78 is 37.7. The monoisotopic (exact) mass is 300 g/mol. The summed E-state index contributed by atoms with van der Waals surface area (Å²) in [6.07, 6.45) is 1.80. The first-order valence-electron chi connectivity index (χ1n) is 6.43. The second kappa shape index (κ2) is 5.59. The van der Waals surface area contributed by atoms with E-state index in [2.05, 4.69) is 4.72 Å². The van der Waals surface area contributed by atoms with Crippen LogP contribution in [0.5, 0.6) is 5.75 Å². The lowest BCUT2D eigenvalue weighted by atomic mass is 10.0. The van der Waals surface area contributed by atoms with Crippen LogP contribution in [-0.2, 0) is 14.8 Å². The van der Waals surface area contributed by atoms with Crippen molar-refractivity contribution in [3.63, 3.8) is 0 Å². The summed E-state index contributed by atoms with van der Waals surface area (Å²) >= 11 is 0. The van der Waals surface area contributed by atoms with E-state index < -0.39 is 15.6 Å². The molecule has 0 aromatic heterocycles. The number of nitrogen functional groups attached to an aromatic ring is 1. The number of nitrogens with two attached hydrogens (primary N) is 1. The van der Waals surface area contributed by atoms with Gasteiger partial charge in [0, 0.05) is 19.2 Å². The van der Waals surface area contributed by atoms with Crippen LogP contribution in [-0.4, -0.2) is 34.3 Å². The van der Waals surface area contributed by atoms with Crippen LogP contribution in [0.3, 0.4) is 0 Å². The quantitative estimate of drug-likeness (QED) is 0.795. The Kier molecular flexibility index (Phi) is 4.22. The van der Waals surface area contributed by atoms with Crippen molar-refractivity contribution in [2.24, 2.45) is 0 Å². The molecule has 1 aliphatic heterocycles. The van der Waals surface area contributed by atoms with Crippen molar-refractivity contribution in [1.29, 1.82) is 0 Å². The molecule has 1 atom stereocenters. The molecule has 1 aromatic carbocycles. The zero-order valence-electron chi connectivity index (χ0n) is 11.7. The van der Waals surface area contributed by atoms with Gasteiger partial charge in [0.25, 0.3) is 0 Å². The zero-order chi connectivity index (χ0) is 14.8. The molecule has 1 heterocycles. The van der Waals surface area contributed by atoms with Gasteiger partial charge in [-0.3, -0.25) is 0 Å². The van der Waals surface area contributed by atoms with Gasteiger partial charge in [-0.25, -0.2) is 13.1 Å². The van der Waals surface area contributed by atoms with E-state index in [1.807, 2.05) is 6.92 Å². The van der Waals surface area contributed by atoms with Crippen molar-refractivity contribution in [2.45, 2.75) is 30.3 Å². The van der Waals surface area contributed by atoms with Gasteiger partial charge >= 0.3 is 0 Å². The van der Waals surface area contributed by atoms with Crippen LogP contribution in [0.15, 0.2) is 23.1 Å². The van der Waals surface area contributed by atoms with Crippen molar-refractivity contribution in [3.05, 3.63) is 18.2 Å². The first kappa shape index (κ1) is 15.1. The summed E-state index contributed by atoms with van der Waals surface area (Å²) in [5, 5.41) is 0. The van der Waals surface area contributed by atoms with Crippen LogP contribution >= 0.6 is 0 Å². The molecule has 1 fully saturated rings. The first-order chi connectivity index (χ1) is 9.36. The van der Waals surface area contributed by atoms with Gasteiger partial charge in [0.1, 0.15) is 5.75 Å². The number of nitrogens with one attached hydrogen (secondary N) is 1. The molecule has 0 saturated carbocycles. The van der Waals surface area contributed by atoms with Crippen LogP contribution in [0.2, 0.25) is 0 Å². The molecular formula is C13H20N2O4S. The highest BCUT2D eigenvalue weighted by Gasteiger charge is 2.31. The van der Waals surface area contributed by atoms with E-state index in [-0.39, 0.29) is 11.4 Å². The third-order valence-corrected chi connectivity index (χ3v) is 4.85. The third-order valence-electron chi connectivity index (χ3n) is 3.45.